The van der Waals surface area contributed by atoms with Crippen LogP contribution in [0.5, 0.6) is 0 Å². The third kappa shape index (κ3) is 4.64. The molecule has 3 N–H and O–H groups in total. The number of primary amides is 1. The number of carbonyl (C=O) groups excluding carboxylic acids is 3. The Kier molecular flexibility index (Phi) is 6.54. The van der Waals surface area contributed by atoms with Gasteiger partial charge in [0.05, 0.1) is 11.8 Å². The number of likely N-dealkylation sites (tertiary alicyclic amines) is 2. The van der Waals surface area contributed by atoms with Gasteiger partial charge in [0.2, 0.25) is 11.8 Å². The van der Waals surface area contributed by atoms with E-state index in [1.54, 1.807) is 4.90 Å². The summed E-state index contributed by atoms with van der Waals surface area (Å²) >= 11 is 0. The molecule has 3 rings (SSSR count). The summed E-state index contributed by atoms with van der Waals surface area (Å²) in [4.78, 5) is 40.2. The summed E-state index contributed by atoms with van der Waals surface area (Å²) in [6.45, 7) is 4.30. The second-order valence-corrected chi connectivity index (χ2v) is 7.75. The molecule has 152 valence electrons. The fraction of sp³-hybridized carbons (Fsp3) is 0.571. The topological polar surface area (TPSA) is 95.7 Å². The van der Waals surface area contributed by atoms with Gasteiger partial charge in [-0.15, -0.1) is 0 Å². The van der Waals surface area contributed by atoms with Gasteiger partial charge in [0.15, 0.2) is 0 Å². The highest BCUT2D eigenvalue weighted by Gasteiger charge is 2.32. The Balaban J connectivity index is 1.48. The Morgan fingerprint density at radius 2 is 1.71 bits per heavy atom. The van der Waals surface area contributed by atoms with Crippen molar-refractivity contribution in [3.05, 3.63) is 35.9 Å². The lowest BCUT2D eigenvalue weighted by atomic mass is 9.93. The maximum atomic E-state index is 13.0. The number of hydrogen-bond donors (Lipinski definition) is 2. The minimum absolute atomic E-state index is 0.0565. The van der Waals surface area contributed by atoms with Crippen LogP contribution in [0.25, 0.3) is 0 Å². The molecule has 1 aromatic carbocycles. The average Bonchev–Trinajstić information content (AvgIpc) is 3.21. The SMILES string of the molecule is CC[C@@H](C(=O)N1CCC(NC(=O)N2CC[C@H](C(N)=O)C2)CC1)c1ccccc1. The number of hydrogen-bond acceptors (Lipinski definition) is 3. The van der Waals surface area contributed by atoms with E-state index in [9.17, 15) is 14.4 Å². The molecule has 2 aliphatic heterocycles. The fourth-order valence-electron chi connectivity index (χ4n) is 4.15. The number of amides is 4. The van der Waals surface area contributed by atoms with E-state index in [0.717, 1.165) is 24.8 Å². The van der Waals surface area contributed by atoms with Gasteiger partial charge in [-0.1, -0.05) is 37.3 Å². The van der Waals surface area contributed by atoms with Crippen LogP contribution in [0.1, 0.15) is 44.1 Å². The van der Waals surface area contributed by atoms with Gasteiger partial charge in [0.1, 0.15) is 0 Å². The first-order valence-corrected chi connectivity index (χ1v) is 10.2. The van der Waals surface area contributed by atoms with Gasteiger partial charge in [0.25, 0.3) is 0 Å². The summed E-state index contributed by atoms with van der Waals surface area (Å²) in [5.74, 6) is -0.523. The smallest absolute Gasteiger partial charge is 0.317 e. The van der Waals surface area contributed by atoms with Gasteiger partial charge in [-0.2, -0.15) is 0 Å². The molecule has 0 unspecified atom stereocenters. The summed E-state index contributed by atoms with van der Waals surface area (Å²) in [6.07, 6.45) is 2.90. The molecule has 2 saturated heterocycles. The molecule has 4 amide bonds. The molecule has 7 nitrogen and oxygen atoms in total. The Morgan fingerprint density at radius 1 is 1.07 bits per heavy atom. The van der Waals surface area contributed by atoms with Crippen LogP contribution in [0, 0.1) is 5.92 Å². The summed E-state index contributed by atoms with van der Waals surface area (Å²) in [5.41, 5.74) is 6.39. The van der Waals surface area contributed by atoms with Crippen molar-refractivity contribution in [1.29, 1.82) is 0 Å². The van der Waals surface area contributed by atoms with Gasteiger partial charge in [-0.25, -0.2) is 4.79 Å². The van der Waals surface area contributed by atoms with E-state index in [4.69, 9.17) is 5.73 Å². The number of rotatable bonds is 5. The first-order chi connectivity index (χ1) is 13.5. The maximum Gasteiger partial charge on any atom is 0.317 e. The van der Waals surface area contributed by atoms with Crippen LogP contribution < -0.4 is 11.1 Å². The van der Waals surface area contributed by atoms with E-state index >= 15 is 0 Å². The molecular weight excluding hydrogens is 356 g/mol. The van der Waals surface area contributed by atoms with Crippen molar-refractivity contribution < 1.29 is 14.4 Å². The summed E-state index contributed by atoms with van der Waals surface area (Å²) < 4.78 is 0. The second-order valence-electron chi connectivity index (χ2n) is 7.75. The Labute approximate surface area is 166 Å². The Morgan fingerprint density at radius 3 is 2.29 bits per heavy atom. The third-order valence-electron chi connectivity index (χ3n) is 5.92. The van der Waals surface area contributed by atoms with Crippen molar-refractivity contribution in [3.8, 4) is 0 Å². The highest BCUT2D eigenvalue weighted by Crippen LogP contribution is 2.24. The summed E-state index contributed by atoms with van der Waals surface area (Å²) in [6, 6.07) is 9.83. The fourth-order valence-corrected chi connectivity index (χ4v) is 4.15. The zero-order chi connectivity index (χ0) is 20.1. The van der Waals surface area contributed by atoms with Crippen LogP contribution >= 0.6 is 0 Å². The lowest BCUT2D eigenvalue weighted by molar-refractivity contribution is -0.134. The summed E-state index contributed by atoms with van der Waals surface area (Å²) in [5, 5.41) is 3.05. The van der Waals surface area contributed by atoms with E-state index in [2.05, 4.69) is 5.32 Å². The largest absolute Gasteiger partial charge is 0.369 e. The average molecular weight is 386 g/mol. The molecule has 7 heteroatoms. The molecule has 0 bridgehead atoms. The number of urea groups is 1. The highest BCUT2D eigenvalue weighted by molar-refractivity contribution is 5.84. The van der Waals surface area contributed by atoms with Crippen LogP contribution in [0.4, 0.5) is 4.79 Å². The molecule has 0 radical (unpaired) electrons. The van der Waals surface area contributed by atoms with E-state index in [-0.39, 0.29) is 35.7 Å². The van der Waals surface area contributed by atoms with Gasteiger partial charge in [0, 0.05) is 32.2 Å². The lowest BCUT2D eigenvalue weighted by Gasteiger charge is -2.35. The van der Waals surface area contributed by atoms with Crippen molar-refractivity contribution in [2.75, 3.05) is 26.2 Å². The number of nitrogens with two attached hydrogens (primary N) is 1. The van der Waals surface area contributed by atoms with Gasteiger partial charge in [-0.05, 0) is 31.2 Å². The molecule has 0 saturated carbocycles. The van der Waals surface area contributed by atoms with Crippen LogP contribution in [-0.4, -0.2) is 59.9 Å². The first-order valence-electron chi connectivity index (χ1n) is 10.2. The number of nitrogens with one attached hydrogen (secondary N) is 1. The van der Waals surface area contributed by atoms with Crippen LogP contribution in [0.3, 0.4) is 0 Å². The molecule has 2 atom stereocenters. The molecule has 2 aliphatic rings. The zero-order valence-electron chi connectivity index (χ0n) is 16.5. The van der Waals surface area contributed by atoms with Crippen molar-refractivity contribution >= 4 is 17.8 Å². The molecule has 0 spiro atoms. The number of benzene rings is 1. The van der Waals surface area contributed by atoms with E-state index < -0.39 is 0 Å². The van der Waals surface area contributed by atoms with Crippen LogP contribution in [-0.2, 0) is 9.59 Å². The minimum Gasteiger partial charge on any atom is -0.369 e. The molecule has 0 aliphatic carbocycles. The Hall–Kier alpha value is -2.57. The predicted molar refractivity (Wildman–Crippen MR) is 106 cm³/mol. The first kappa shape index (κ1) is 20.2. The van der Waals surface area contributed by atoms with Gasteiger partial charge >= 0.3 is 6.03 Å². The standard InChI is InChI=1S/C21H30N4O3/c1-2-18(15-6-4-3-5-7-15)20(27)24-12-9-17(10-13-24)23-21(28)25-11-8-16(14-25)19(22)26/h3-7,16-18H,2,8-14H2,1H3,(H2,22,26)(H,23,28)/t16-,18+/m0/s1. The normalized spacial score (nSPS) is 21.4. The van der Waals surface area contributed by atoms with E-state index in [1.165, 1.54) is 0 Å². The monoisotopic (exact) mass is 386 g/mol. The maximum absolute atomic E-state index is 13.0. The third-order valence-corrected chi connectivity index (χ3v) is 5.92. The molecule has 0 aromatic heterocycles. The van der Waals surface area contributed by atoms with Crippen molar-refractivity contribution in [1.82, 2.24) is 15.1 Å². The van der Waals surface area contributed by atoms with Gasteiger partial charge in [-0.3, -0.25) is 9.59 Å². The molecule has 2 fully saturated rings. The van der Waals surface area contributed by atoms with Crippen molar-refractivity contribution in [2.45, 2.75) is 44.6 Å². The lowest BCUT2D eigenvalue weighted by Crippen LogP contribution is -2.50. The molecule has 28 heavy (non-hydrogen) atoms. The molecular formula is C21H30N4O3. The van der Waals surface area contributed by atoms with E-state index in [1.807, 2.05) is 42.2 Å². The van der Waals surface area contributed by atoms with Crippen LogP contribution in [0.2, 0.25) is 0 Å². The zero-order valence-corrected chi connectivity index (χ0v) is 16.5. The van der Waals surface area contributed by atoms with Crippen molar-refractivity contribution in [2.24, 2.45) is 11.7 Å². The Bertz CT molecular complexity index is 701. The number of piperidine rings is 1. The molecule has 2 heterocycles. The van der Waals surface area contributed by atoms with Gasteiger partial charge < -0.3 is 20.9 Å². The van der Waals surface area contributed by atoms with Crippen LogP contribution in [0.15, 0.2) is 30.3 Å². The van der Waals surface area contributed by atoms with Crippen molar-refractivity contribution in [3.63, 3.8) is 0 Å². The quantitative estimate of drug-likeness (QED) is 0.806. The summed E-state index contributed by atoms with van der Waals surface area (Å²) in [7, 11) is 0. The number of nitrogens with zero attached hydrogens (tertiary/aromatic N) is 2. The molecule has 1 aromatic rings. The second kappa shape index (κ2) is 9.08. The van der Waals surface area contributed by atoms with E-state index in [0.29, 0.717) is 32.6 Å². The minimum atomic E-state index is -0.342. The highest BCUT2D eigenvalue weighted by atomic mass is 16.2. The number of carbonyl (C=O) groups is 3. The predicted octanol–water partition coefficient (Wildman–Crippen LogP) is 1.69.